The van der Waals surface area contributed by atoms with Crippen LogP contribution in [0.3, 0.4) is 0 Å². The van der Waals surface area contributed by atoms with Crippen LogP contribution < -0.4 is 10.1 Å². The summed E-state index contributed by atoms with van der Waals surface area (Å²) in [4.78, 5) is 37.0. The van der Waals surface area contributed by atoms with E-state index in [0.29, 0.717) is 11.3 Å². The van der Waals surface area contributed by atoms with Crippen LogP contribution in [-0.2, 0) is 11.8 Å². The molecule has 1 aromatic heterocycles. The smallest absolute Gasteiger partial charge is 0.261 e. The van der Waals surface area contributed by atoms with Crippen LogP contribution in [0, 0.1) is 0 Å². The molecule has 0 unspecified atom stereocenters. The second-order valence-electron chi connectivity index (χ2n) is 5.57. The number of nitrogens with one attached hydrogen (secondary N) is 1. The summed E-state index contributed by atoms with van der Waals surface area (Å²) in [6.45, 7) is 1.34. The molecule has 0 fully saturated rings. The second-order valence-corrected chi connectivity index (χ2v) is 5.57. The van der Waals surface area contributed by atoms with Crippen molar-refractivity contribution in [3.05, 3.63) is 41.6 Å². The molecule has 0 saturated carbocycles. The first-order valence-corrected chi connectivity index (χ1v) is 7.55. The zero-order valence-electron chi connectivity index (χ0n) is 14.6. The number of nitrogens with zero attached hydrogens (tertiary/aromatic N) is 3. The summed E-state index contributed by atoms with van der Waals surface area (Å²) in [5.41, 5.74) is 1.40. The maximum atomic E-state index is 12.4. The zero-order chi connectivity index (χ0) is 18.6. The Bertz CT molecular complexity index is 795. The molecule has 25 heavy (non-hydrogen) atoms. The molecule has 2 amide bonds. The lowest BCUT2D eigenvalue weighted by Crippen LogP contribution is -2.35. The molecule has 132 valence electrons. The maximum Gasteiger partial charge on any atom is 0.261 e. The van der Waals surface area contributed by atoms with E-state index in [9.17, 15) is 14.4 Å². The van der Waals surface area contributed by atoms with Gasteiger partial charge in [-0.05, 0) is 31.2 Å². The van der Waals surface area contributed by atoms with Crippen molar-refractivity contribution >= 4 is 23.3 Å². The van der Waals surface area contributed by atoms with E-state index in [1.54, 1.807) is 31.3 Å². The highest BCUT2D eigenvalue weighted by molar-refractivity contribution is 6.00. The Morgan fingerprint density at radius 1 is 1.24 bits per heavy atom. The van der Waals surface area contributed by atoms with Crippen LogP contribution in [-0.4, -0.2) is 53.0 Å². The number of benzene rings is 1. The minimum Gasteiger partial charge on any atom is -0.479 e. The average Bonchev–Trinajstić information content (AvgIpc) is 2.95. The predicted molar refractivity (Wildman–Crippen MR) is 91.8 cm³/mol. The van der Waals surface area contributed by atoms with Gasteiger partial charge in [-0.25, -0.2) is 0 Å². The summed E-state index contributed by atoms with van der Waals surface area (Å²) in [5, 5.41) is 6.70. The number of anilines is 1. The van der Waals surface area contributed by atoms with Gasteiger partial charge in [0, 0.05) is 31.5 Å². The van der Waals surface area contributed by atoms with E-state index in [2.05, 4.69) is 10.4 Å². The molecule has 2 rings (SSSR count). The first-order chi connectivity index (χ1) is 11.8. The highest BCUT2D eigenvalue weighted by atomic mass is 16.5. The number of aromatic nitrogens is 2. The summed E-state index contributed by atoms with van der Waals surface area (Å²) < 4.78 is 6.53. The van der Waals surface area contributed by atoms with E-state index >= 15 is 0 Å². The number of ketones is 1. The van der Waals surface area contributed by atoms with Gasteiger partial charge in [-0.3, -0.25) is 19.1 Å². The van der Waals surface area contributed by atoms with Gasteiger partial charge < -0.3 is 15.0 Å². The number of hydrogen-bond acceptors (Lipinski definition) is 5. The molecule has 0 saturated heterocycles. The molecule has 1 heterocycles. The Kier molecular flexibility index (Phi) is 5.53. The largest absolute Gasteiger partial charge is 0.479 e. The first kappa shape index (κ1) is 18.2. The van der Waals surface area contributed by atoms with Gasteiger partial charge in [0.15, 0.2) is 5.78 Å². The lowest BCUT2D eigenvalue weighted by molar-refractivity contribution is -0.116. The highest BCUT2D eigenvalue weighted by Crippen LogP contribution is 2.16. The van der Waals surface area contributed by atoms with Crippen LogP contribution in [0.2, 0.25) is 0 Å². The van der Waals surface area contributed by atoms with Gasteiger partial charge in [0.25, 0.3) is 5.91 Å². The van der Waals surface area contributed by atoms with Crippen molar-refractivity contribution in [2.75, 3.05) is 26.0 Å². The first-order valence-electron chi connectivity index (χ1n) is 7.55. The van der Waals surface area contributed by atoms with Crippen molar-refractivity contribution in [3.63, 3.8) is 0 Å². The molecule has 0 aliphatic rings. The minimum atomic E-state index is -0.368. The molecular formula is C17H20N4O4. The molecule has 0 aliphatic carbocycles. The fourth-order valence-corrected chi connectivity index (χ4v) is 2.25. The monoisotopic (exact) mass is 344 g/mol. The average molecular weight is 344 g/mol. The lowest BCUT2D eigenvalue weighted by Gasteiger charge is -2.16. The number of ether oxygens (including phenoxy) is 1. The number of methoxy groups -OCH3 is 1. The van der Waals surface area contributed by atoms with Crippen LogP contribution in [0.5, 0.6) is 5.88 Å². The molecule has 1 N–H and O–H groups in total. The van der Waals surface area contributed by atoms with E-state index in [0.717, 1.165) is 0 Å². The molecule has 0 bridgehead atoms. The van der Waals surface area contributed by atoms with Crippen LogP contribution in [0.25, 0.3) is 0 Å². The predicted octanol–water partition coefficient (Wildman–Crippen LogP) is 1.34. The van der Waals surface area contributed by atoms with Crippen molar-refractivity contribution in [2.24, 2.45) is 7.05 Å². The van der Waals surface area contributed by atoms with Crippen molar-refractivity contribution in [1.82, 2.24) is 14.7 Å². The molecule has 0 aliphatic heterocycles. The van der Waals surface area contributed by atoms with Gasteiger partial charge in [-0.1, -0.05) is 0 Å². The summed E-state index contributed by atoms with van der Waals surface area (Å²) in [5.74, 6) is -0.561. The van der Waals surface area contributed by atoms with Crippen molar-refractivity contribution in [1.29, 1.82) is 0 Å². The standard InChI is InChI=1S/C17H20N4O4/c1-11(22)12-5-7-13(8-6-12)18-15(23)10-20(2)17(24)14-9-21(3)19-16(14)25-4/h5-9H,10H2,1-4H3,(H,18,23). The van der Waals surface area contributed by atoms with E-state index < -0.39 is 0 Å². The maximum absolute atomic E-state index is 12.4. The molecule has 0 radical (unpaired) electrons. The van der Waals surface area contributed by atoms with E-state index in [4.69, 9.17) is 4.74 Å². The van der Waals surface area contributed by atoms with Crippen molar-refractivity contribution in [2.45, 2.75) is 6.92 Å². The van der Waals surface area contributed by atoms with Gasteiger partial charge >= 0.3 is 0 Å². The number of rotatable bonds is 6. The van der Waals surface area contributed by atoms with Crippen LogP contribution >= 0.6 is 0 Å². The second kappa shape index (κ2) is 7.61. The third-order valence-electron chi connectivity index (χ3n) is 3.52. The molecule has 2 aromatic rings. The third-order valence-corrected chi connectivity index (χ3v) is 3.52. The molecule has 1 aromatic carbocycles. The fraction of sp³-hybridized carbons (Fsp3) is 0.294. The molecular weight excluding hydrogens is 324 g/mol. The van der Waals surface area contributed by atoms with Crippen molar-refractivity contribution < 1.29 is 19.1 Å². The Morgan fingerprint density at radius 3 is 2.44 bits per heavy atom. The SMILES string of the molecule is COc1nn(C)cc1C(=O)N(C)CC(=O)Nc1ccc(C(C)=O)cc1. The summed E-state index contributed by atoms with van der Waals surface area (Å²) in [6.07, 6.45) is 1.54. The zero-order valence-corrected chi connectivity index (χ0v) is 14.6. The van der Waals surface area contributed by atoms with Crippen molar-refractivity contribution in [3.8, 4) is 5.88 Å². The number of amides is 2. The normalized spacial score (nSPS) is 10.2. The topological polar surface area (TPSA) is 93.5 Å². The van der Waals surface area contributed by atoms with Gasteiger partial charge in [0.2, 0.25) is 11.8 Å². The number of likely N-dealkylation sites (N-methyl/N-ethyl adjacent to an activating group) is 1. The van der Waals surface area contributed by atoms with E-state index in [-0.39, 0.29) is 35.6 Å². The number of Topliss-reactive ketones (excluding diaryl/α,β-unsaturated/α-hetero) is 1. The number of hydrogen-bond donors (Lipinski definition) is 1. The number of carbonyl (C=O) groups is 3. The van der Waals surface area contributed by atoms with Gasteiger partial charge in [0.05, 0.1) is 13.7 Å². The molecule has 0 spiro atoms. The Morgan fingerprint density at radius 2 is 1.88 bits per heavy atom. The third kappa shape index (κ3) is 4.43. The summed E-state index contributed by atoms with van der Waals surface area (Å²) in [6, 6.07) is 6.54. The number of carbonyl (C=O) groups excluding carboxylic acids is 3. The fourth-order valence-electron chi connectivity index (χ4n) is 2.25. The van der Waals surface area contributed by atoms with Gasteiger partial charge in [0.1, 0.15) is 5.56 Å². The summed E-state index contributed by atoms with van der Waals surface area (Å²) >= 11 is 0. The Labute approximate surface area is 145 Å². The number of aryl methyl sites for hydroxylation is 1. The van der Waals surface area contributed by atoms with Gasteiger partial charge in [-0.2, -0.15) is 0 Å². The van der Waals surface area contributed by atoms with E-state index in [1.165, 1.54) is 36.9 Å². The minimum absolute atomic E-state index is 0.0476. The van der Waals surface area contributed by atoms with Crippen LogP contribution in [0.4, 0.5) is 5.69 Å². The Hall–Kier alpha value is -3.16. The Balaban J connectivity index is 1.99. The van der Waals surface area contributed by atoms with Crippen LogP contribution in [0.15, 0.2) is 30.5 Å². The van der Waals surface area contributed by atoms with Crippen LogP contribution in [0.1, 0.15) is 27.6 Å². The quantitative estimate of drug-likeness (QED) is 0.798. The van der Waals surface area contributed by atoms with Gasteiger partial charge in [-0.15, -0.1) is 5.10 Å². The molecule has 0 atom stereocenters. The molecule has 8 nitrogen and oxygen atoms in total. The molecule has 8 heteroatoms. The summed E-state index contributed by atoms with van der Waals surface area (Å²) in [7, 11) is 4.63. The highest BCUT2D eigenvalue weighted by Gasteiger charge is 2.21. The lowest BCUT2D eigenvalue weighted by atomic mass is 10.1. The van der Waals surface area contributed by atoms with E-state index in [1.807, 2.05) is 0 Å².